The number of ether oxygens (including phenoxy) is 1. The van der Waals surface area contributed by atoms with Gasteiger partial charge in [-0.25, -0.2) is 4.79 Å². The van der Waals surface area contributed by atoms with Gasteiger partial charge < -0.3 is 15.4 Å². The Kier molecular flexibility index (Phi) is 5.59. The molecule has 1 unspecified atom stereocenters. The third kappa shape index (κ3) is 4.44. The molecule has 1 atom stereocenters. The number of rotatable bonds is 5. The Bertz CT molecular complexity index is 528. The van der Waals surface area contributed by atoms with E-state index in [1.165, 1.54) is 13.2 Å². The standard InChI is InChI=1S/C15H19ClN2O3/c1-21-15(20)12-8-11(3-4-13(12)16)18-14(19)5-2-10-6-7-17-9-10/h3-4,8,10,17H,2,5-7,9H2,1H3,(H,18,19). The summed E-state index contributed by atoms with van der Waals surface area (Å²) in [6, 6.07) is 4.78. The van der Waals surface area contributed by atoms with E-state index in [0.717, 1.165) is 25.9 Å². The molecule has 1 aromatic carbocycles. The summed E-state index contributed by atoms with van der Waals surface area (Å²) in [5.74, 6) is -0.000217. The largest absolute Gasteiger partial charge is 0.465 e. The molecule has 2 rings (SSSR count). The molecule has 21 heavy (non-hydrogen) atoms. The van der Waals surface area contributed by atoms with Gasteiger partial charge in [-0.2, -0.15) is 0 Å². The molecule has 1 amide bonds. The number of anilines is 1. The Morgan fingerprint density at radius 1 is 1.48 bits per heavy atom. The third-order valence-corrected chi connectivity index (χ3v) is 3.93. The lowest BCUT2D eigenvalue weighted by atomic mass is 10.0. The molecule has 1 heterocycles. The van der Waals surface area contributed by atoms with Crippen molar-refractivity contribution >= 4 is 29.2 Å². The third-order valence-electron chi connectivity index (χ3n) is 3.60. The molecular weight excluding hydrogens is 292 g/mol. The second-order valence-corrected chi connectivity index (χ2v) is 5.54. The van der Waals surface area contributed by atoms with Gasteiger partial charge in [-0.3, -0.25) is 4.79 Å². The minimum absolute atomic E-state index is 0.0555. The average Bonchev–Trinajstić information content (AvgIpc) is 2.99. The summed E-state index contributed by atoms with van der Waals surface area (Å²) in [6.07, 6.45) is 2.47. The molecule has 0 radical (unpaired) electrons. The van der Waals surface area contributed by atoms with Gasteiger partial charge in [0.2, 0.25) is 5.91 Å². The van der Waals surface area contributed by atoms with Crippen molar-refractivity contribution in [2.45, 2.75) is 19.3 Å². The van der Waals surface area contributed by atoms with Crippen LogP contribution in [0.25, 0.3) is 0 Å². The molecule has 5 nitrogen and oxygen atoms in total. The summed E-state index contributed by atoms with van der Waals surface area (Å²) in [6.45, 7) is 2.02. The molecular formula is C15H19ClN2O3. The predicted octanol–water partition coefficient (Wildman–Crippen LogP) is 2.45. The van der Waals surface area contributed by atoms with Crippen molar-refractivity contribution in [1.29, 1.82) is 0 Å². The highest BCUT2D eigenvalue weighted by molar-refractivity contribution is 6.33. The van der Waals surface area contributed by atoms with Gasteiger partial charge in [-0.05, 0) is 50.0 Å². The van der Waals surface area contributed by atoms with Crippen molar-refractivity contribution in [3.8, 4) is 0 Å². The smallest absolute Gasteiger partial charge is 0.339 e. The predicted molar refractivity (Wildman–Crippen MR) is 81.6 cm³/mol. The summed E-state index contributed by atoms with van der Waals surface area (Å²) in [4.78, 5) is 23.5. The van der Waals surface area contributed by atoms with E-state index in [1.54, 1.807) is 12.1 Å². The second kappa shape index (κ2) is 7.43. The first kappa shape index (κ1) is 15.8. The van der Waals surface area contributed by atoms with E-state index in [9.17, 15) is 9.59 Å². The molecule has 0 aromatic heterocycles. The van der Waals surface area contributed by atoms with Gasteiger partial charge >= 0.3 is 5.97 Å². The number of amides is 1. The molecule has 1 aromatic rings. The number of methoxy groups -OCH3 is 1. The molecule has 1 aliphatic heterocycles. The zero-order valence-electron chi connectivity index (χ0n) is 11.9. The fraction of sp³-hybridized carbons (Fsp3) is 0.467. The first-order chi connectivity index (χ1) is 10.1. The Labute approximate surface area is 129 Å². The van der Waals surface area contributed by atoms with Gasteiger partial charge in [-0.15, -0.1) is 0 Å². The maximum atomic E-state index is 11.9. The lowest BCUT2D eigenvalue weighted by molar-refractivity contribution is -0.116. The summed E-state index contributed by atoms with van der Waals surface area (Å²) in [5, 5.41) is 6.37. The number of benzene rings is 1. The van der Waals surface area contributed by atoms with Gasteiger partial charge in [0, 0.05) is 12.1 Å². The van der Waals surface area contributed by atoms with Gasteiger partial charge in [0.15, 0.2) is 0 Å². The summed E-state index contributed by atoms with van der Waals surface area (Å²) < 4.78 is 4.65. The molecule has 1 saturated heterocycles. The van der Waals surface area contributed by atoms with Crippen LogP contribution in [0.15, 0.2) is 18.2 Å². The number of carbonyl (C=O) groups excluding carboxylic acids is 2. The Morgan fingerprint density at radius 2 is 2.29 bits per heavy atom. The molecule has 0 aliphatic carbocycles. The van der Waals surface area contributed by atoms with Crippen LogP contribution in [0, 0.1) is 5.92 Å². The molecule has 0 spiro atoms. The highest BCUT2D eigenvalue weighted by Gasteiger charge is 2.16. The molecule has 1 aliphatic rings. The fourth-order valence-corrected chi connectivity index (χ4v) is 2.58. The van der Waals surface area contributed by atoms with Crippen LogP contribution >= 0.6 is 11.6 Å². The molecule has 2 N–H and O–H groups in total. The van der Waals surface area contributed by atoms with Crippen LogP contribution in [0.5, 0.6) is 0 Å². The van der Waals surface area contributed by atoms with E-state index in [2.05, 4.69) is 15.4 Å². The Balaban J connectivity index is 1.92. The Morgan fingerprint density at radius 3 is 2.95 bits per heavy atom. The molecule has 0 saturated carbocycles. The number of hydrogen-bond donors (Lipinski definition) is 2. The van der Waals surface area contributed by atoms with Crippen LogP contribution in [0.3, 0.4) is 0 Å². The van der Waals surface area contributed by atoms with Crippen LogP contribution in [-0.2, 0) is 9.53 Å². The van der Waals surface area contributed by atoms with Crippen molar-refractivity contribution in [3.05, 3.63) is 28.8 Å². The number of hydrogen-bond acceptors (Lipinski definition) is 4. The van der Waals surface area contributed by atoms with E-state index >= 15 is 0 Å². The SMILES string of the molecule is COC(=O)c1cc(NC(=O)CCC2CCNC2)ccc1Cl. The normalized spacial score (nSPS) is 17.5. The summed E-state index contributed by atoms with van der Waals surface area (Å²) >= 11 is 5.93. The van der Waals surface area contributed by atoms with Crippen molar-refractivity contribution in [2.75, 3.05) is 25.5 Å². The van der Waals surface area contributed by atoms with Gasteiger partial charge in [0.25, 0.3) is 0 Å². The van der Waals surface area contributed by atoms with Crippen LogP contribution in [-0.4, -0.2) is 32.1 Å². The first-order valence-corrected chi connectivity index (χ1v) is 7.36. The lowest BCUT2D eigenvalue weighted by Crippen LogP contribution is -2.15. The van der Waals surface area contributed by atoms with E-state index in [-0.39, 0.29) is 11.5 Å². The maximum Gasteiger partial charge on any atom is 0.339 e. The minimum Gasteiger partial charge on any atom is -0.465 e. The molecule has 114 valence electrons. The maximum absolute atomic E-state index is 11.9. The first-order valence-electron chi connectivity index (χ1n) is 6.98. The second-order valence-electron chi connectivity index (χ2n) is 5.13. The van der Waals surface area contributed by atoms with Gasteiger partial charge in [0.05, 0.1) is 17.7 Å². The average molecular weight is 311 g/mol. The van der Waals surface area contributed by atoms with Crippen LogP contribution in [0.2, 0.25) is 5.02 Å². The highest BCUT2D eigenvalue weighted by Crippen LogP contribution is 2.22. The Hall–Kier alpha value is -1.59. The minimum atomic E-state index is -0.520. The van der Waals surface area contributed by atoms with E-state index in [1.807, 2.05) is 0 Å². The van der Waals surface area contributed by atoms with Crippen LogP contribution in [0.4, 0.5) is 5.69 Å². The van der Waals surface area contributed by atoms with Crippen molar-refractivity contribution < 1.29 is 14.3 Å². The van der Waals surface area contributed by atoms with E-state index < -0.39 is 5.97 Å². The highest BCUT2D eigenvalue weighted by atomic mass is 35.5. The molecule has 6 heteroatoms. The summed E-state index contributed by atoms with van der Waals surface area (Å²) in [7, 11) is 1.29. The lowest BCUT2D eigenvalue weighted by Gasteiger charge is -2.10. The number of halogens is 1. The van der Waals surface area contributed by atoms with E-state index in [4.69, 9.17) is 11.6 Å². The monoisotopic (exact) mass is 310 g/mol. The quantitative estimate of drug-likeness (QED) is 0.820. The summed E-state index contributed by atoms with van der Waals surface area (Å²) in [5.41, 5.74) is 0.798. The van der Waals surface area contributed by atoms with Crippen LogP contribution in [0.1, 0.15) is 29.6 Å². The van der Waals surface area contributed by atoms with Crippen molar-refractivity contribution in [1.82, 2.24) is 5.32 Å². The topological polar surface area (TPSA) is 67.4 Å². The number of carbonyl (C=O) groups is 2. The number of esters is 1. The van der Waals surface area contributed by atoms with E-state index in [0.29, 0.717) is 23.0 Å². The van der Waals surface area contributed by atoms with Gasteiger partial charge in [0.1, 0.15) is 0 Å². The zero-order valence-corrected chi connectivity index (χ0v) is 12.7. The van der Waals surface area contributed by atoms with Crippen molar-refractivity contribution in [3.63, 3.8) is 0 Å². The number of nitrogens with one attached hydrogen (secondary N) is 2. The molecule has 0 bridgehead atoms. The fourth-order valence-electron chi connectivity index (χ4n) is 2.39. The zero-order chi connectivity index (χ0) is 15.2. The van der Waals surface area contributed by atoms with Gasteiger partial charge in [-0.1, -0.05) is 11.6 Å². The van der Waals surface area contributed by atoms with Crippen LogP contribution < -0.4 is 10.6 Å². The molecule has 1 fully saturated rings. The van der Waals surface area contributed by atoms with Crippen molar-refractivity contribution in [2.24, 2.45) is 5.92 Å².